The van der Waals surface area contributed by atoms with E-state index in [2.05, 4.69) is 12.2 Å². The highest BCUT2D eigenvalue weighted by Crippen LogP contribution is 2.16. The SMILES string of the molecule is CCCSCCCCC(C)(NC(C)C)C(N)=O. The maximum Gasteiger partial charge on any atom is 0.237 e. The molecular formula is C13H28N2OS. The molecule has 0 rings (SSSR count). The summed E-state index contributed by atoms with van der Waals surface area (Å²) in [6.45, 7) is 8.19. The van der Waals surface area contributed by atoms with E-state index in [1.165, 1.54) is 17.9 Å². The van der Waals surface area contributed by atoms with Crippen molar-refractivity contribution in [1.29, 1.82) is 0 Å². The Kier molecular flexibility index (Phi) is 8.70. The summed E-state index contributed by atoms with van der Waals surface area (Å²) >= 11 is 1.99. The minimum absolute atomic E-state index is 0.243. The van der Waals surface area contributed by atoms with Crippen molar-refractivity contribution in [3.05, 3.63) is 0 Å². The quantitative estimate of drug-likeness (QED) is 0.594. The van der Waals surface area contributed by atoms with Crippen LogP contribution < -0.4 is 11.1 Å². The Bertz CT molecular complexity index is 221. The first-order valence-electron chi connectivity index (χ1n) is 6.57. The lowest BCUT2D eigenvalue weighted by atomic mass is 9.93. The molecule has 0 fully saturated rings. The summed E-state index contributed by atoms with van der Waals surface area (Å²) in [6.07, 6.45) is 4.27. The van der Waals surface area contributed by atoms with Crippen LogP contribution >= 0.6 is 11.8 Å². The zero-order valence-electron chi connectivity index (χ0n) is 11.7. The predicted octanol–water partition coefficient (Wildman–Crippen LogP) is 2.54. The smallest absolute Gasteiger partial charge is 0.237 e. The topological polar surface area (TPSA) is 55.1 Å². The molecule has 3 nitrogen and oxygen atoms in total. The molecule has 3 N–H and O–H groups in total. The third kappa shape index (κ3) is 7.66. The number of hydrogen-bond acceptors (Lipinski definition) is 3. The molecule has 4 heteroatoms. The van der Waals surface area contributed by atoms with Crippen LogP contribution in [0.15, 0.2) is 0 Å². The van der Waals surface area contributed by atoms with Crippen LogP contribution in [-0.4, -0.2) is 29.0 Å². The van der Waals surface area contributed by atoms with Crippen molar-refractivity contribution in [3.8, 4) is 0 Å². The van der Waals surface area contributed by atoms with Crippen LogP contribution in [-0.2, 0) is 4.79 Å². The standard InChI is InChI=1S/C13H28N2OS/c1-5-9-17-10-7-6-8-13(4,12(14)16)15-11(2)3/h11,15H,5-10H2,1-4H3,(H2,14,16). The summed E-state index contributed by atoms with van der Waals surface area (Å²) in [6, 6.07) is 0.280. The number of carbonyl (C=O) groups is 1. The first-order chi connectivity index (χ1) is 7.92. The molecule has 0 aliphatic carbocycles. The first kappa shape index (κ1) is 16.8. The summed E-state index contributed by atoms with van der Waals surface area (Å²) in [5.41, 5.74) is 4.92. The Morgan fingerprint density at radius 3 is 2.47 bits per heavy atom. The largest absolute Gasteiger partial charge is 0.368 e. The van der Waals surface area contributed by atoms with Crippen LogP contribution in [0.25, 0.3) is 0 Å². The molecule has 0 aliphatic heterocycles. The van der Waals surface area contributed by atoms with E-state index in [9.17, 15) is 4.79 Å². The van der Waals surface area contributed by atoms with Gasteiger partial charge in [-0.25, -0.2) is 0 Å². The molecule has 1 atom stereocenters. The van der Waals surface area contributed by atoms with Crippen molar-refractivity contribution in [2.24, 2.45) is 5.73 Å². The van der Waals surface area contributed by atoms with Crippen LogP contribution in [0.1, 0.15) is 53.4 Å². The molecule has 0 aromatic heterocycles. The fraction of sp³-hybridized carbons (Fsp3) is 0.923. The minimum Gasteiger partial charge on any atom is -0.368 e. The van der Waals surface area contributed by atoms with Gasteiger partial charge in [0.25, 0.3) is 0 Å². The molecule has 102 valence electrons. The number of thioether (sulfide) groups is 1. The van der Waals surface area contributed by atoms with Gasteiger partial charge in [0.2, 0.25) is 5.91 Å². The number of nitrogens with one attached hydrogen (secondary N) is 1. The van der Waals surface area contributed by atoms with Gasteiger partial charge in [-0.05, 0) is 51.5 Å². The van der Waals surface area contributed by atoms with E-state index in [-0.39, 0.29) is 11.9 Å². The number of amides is 1. The first-order valence-corrected chi connectivity index (χ1v) is 7.73. The molecule has 17 heavy (non-hydrogen) atoms. The molecule has 1 unspecified atom stereocenters. The van der Waals surface area contributed by atoms with Crippen LogP contribution in [0, 0.1) is 0 Å². The normalized spacial score (nSPS) is 14.9. The highest BCUT2D eigenvalue weighted by Gasteiger charge is 2.30. The lowest BCUT2D eigenvalue weighted by Gasteiger charge is -2.29. The number of nitrogens with two attached hydrogens (primary N) is 1. The number of hydrogen-bond donors (Lipinski definition) is 2. The predicted molar refractivity (Wildman–Crippen MR) is 77.3 cm³/mol. The number of rotatable bonds is 10. The van der Waals surface area contributed by atoms with Crippen LogP contribution in [0.2, 0.25) is 0 Å². The summed E-state index contributed by atoms with van der Waals surface area (Å²) in [4.78, 5) is 11.5. The number of carbonyl (C=O) groups excluding carboxylic acids is 1. The van der Waals surface area contributed by atoms with E-state index in [0.717, 1.165) is 19.3 Å². The molecule has 0 bridgehead atoms. The molecule has 1 amide bonds. The van der Waals surface area contributed by atoms with E-state index in [1.54, 1.807) is 0 Å². The molecular weight excluding hydrogens is 232 g/mol. The lowest BCUT2D eigenvalue weighted by molar-refractivity contribution is -0.124. The van der Waals surface area contributed by atoms with Gasteiger partial charge in [0.05, 0.1) is 5.54 Å². The Labute approximate surface area is 110 Å². The van der Waals surface area contributed by atoms with Crippen molar-refractivity contribution in [2.45, 2.75) is 65.0 Å². The zero-order valence-corrected chi connectivity index (χ0v) is 12.5. The van der Waals surface area contributed by atoms with Gasteiger partial charge in [-0.1, -0.05) is 13.3 Å². The molecule has 0 saturated carbocycles. The number of unbranched alkanes of at least 4 members (excludes halogenated alkanes) is 1. The van der Waals surface area contributed by atoms with Crippen LogP contribution in [0.5, 0.6) is 0 Å². The fourth-order valence-electron chi connectivity index (χ4n) is 1.83. The van der Waals surface area contributed by atoms with Gasteiger partial charge in [0, 0.05) is 6.04 Å². The molecule has 0 spiro atoms. The summed E-state index contributed by atoms with van der Waals surface area (Å²) in [5.74, 6) is 2.18. The molecule has 0 heterocycles. The van der Waals surface area contributed by atoms with E-state index in [1.807, 2.05) is 32.5 Å². The monoisotopic (exact) mass is 260 g/mol. The van der Waals surface area contributed by atoms with Crippen molar-refractivity contribution in [3.63, 3.8) is 0 Å². The molecule has 0 saturated heterocycles. The maximum absolute atomic E-state index is 11.5. The van der Waals surface area contributed by atoms with E-state index in [4.69, 9.17) is 5.73 Å². The fourth-order valence-corrected chi connectivity index (χ4v) is 2.73. The lowest BCUT2D eigenvalue weighted by Crippen LogP contribution is -2.55. The highest BCUT2D eigenvalue weighted by molar-refractivity contribution is 7.99. The van der Waals surface area contributed by atoms with Gasteiger partial charge in [0.1, 0.15) is 0 Å². The van der Waals surface area contributed by atoms with E-state index < -0.39 is 5.54 Å². The third-order valence-electron chi connectivity index (χ3n) is 2.71. The average molecular weight is 260 g/mol. The van der Waals surface area contributed by atoms with Gasteiger partial charge in [0.15, 0.2) is 0 Å². The summed E-state index contributed by atoms with van der Waals surface area (Å²) in [5, 5.41) is 3.28. The summed E-state index contributed by atoms with van der Waals surface area (Å²) in [7, 11) is 0. The second-order valence-corrected chi connectivity index (χ2v) is 6.29. The molecule has 0 aromatic carbocycles. The Hall–Kier alpha value is -0.220. The van der Waals surface area contributed by atoms with E-state index in [0.29, 0.717) is 0 Å². The summed E-state index contributed by atoms with van der Waals surface area (Å²) < 4.78 is 0. The zero-order chi connectivity index (χ0) is 13.3. The minimum atomic E-state index is -0.552. The van der Waals surface area contributed by atoms with Crippen molar-refractivity contribution in [1.82, 2.24) is 5.32 Å². The second-order valence-electron chi connectivity index (χ2n) is 5.06. The molecule has 0 aromatic rings. The highest BCUT2D eigenvalue weighted by atomic mass is 32.2. The van der Waals surface area contributed by atoms with Gasteiger partial charge < -0.3 is 11.1 Å². The van der Waals surface area contributed by atoms with Gasteiger partial charge in [-0.15, -0.1) is 0 Å². The Balaban J connectivity index is 3.89. The number of primary amides is 1. The molecule has 0 radical (unpaired) electrons. The maximum atomic E-state index is 11.5. The van der Waals surface area contributed by atoms with Gasteiger partial charge in [-0.2, -0.15) is 11.8 Å². The van der Waals surface area contributed by atoms with Crippen molar-refractivity contribution < 1.29 is 4.79 Å². The van der Waals surface area contributed by atoms with Crippen LogP contribution in [0.3, 0.4) is 0 Å². The van der Waals surface area contributed by atoms with Crippen molar-refractivity contribution >= 4 is 17.7 Å². The Morgan fingerprint density at radius 1 is 1.35 bits per heavy atom. The van der Waals surface area contributed by atoms with Crippen molar-refractivity contribution in [2.75, 3.05) is 11.5 Å². The second kappa shape index (κ2) is 8.81. The van der Waals surface area contributed by atoms with E-state index >= 15 is 0 Å². The van der Waals surface area contributed by atoms with Gasteiger partial charge in [-0.3, -0.25) is 4.79 Å². The average Bonchev–Trinajstić information content (AvgIpc) is 2.22. The third-order valence-corrected chi connectivity index (χ3v) is 3.99. The molecule has 0 aliphatic rings. The Morgan fingerprint density at radius 2 is 2.00 bits per heavy atom. The van der Waals surface area contributed by atoms with Gasteiger partial charge >= 0.3 is 0 Å². The van der Waals surface area contributed by atoms with Crippen LogP contribution in [0.4, 0.5) is 0 Å².